The Hall–Kier alpha value is -2.23. The van der Waals surface area contributed by atoms with Gasteiger partial charge in [0.2, 0.25) is 0 Å². The zero-order valence-corrected chi connectivity index (χ0v) is 15.4. The van der Waals surface area contributed by atoms with Crippen molar-refractivity contribution in [2.75, 3.05) is 0 Å². The molecule has 4 nitrogen and oxygen atoms in total. The van der Waals surface area contributed by atoms with E-state index in [9.17, 15) is 10.1 Å². The van der Waals surface area contributed by atoms with Crippen molar-refractivity contribution < 1.29 is 9.53 Å². The van der Waals surface area contributed by atoms with Crippen LogP contribution in [-0.2, 0) is 4.79 Å². The number of carbonyl (C=O) groups is 1. The average molecular weight is 413 g/mol. The summed E-state index contributed by atoms with van der Waals surface area (Å²) in [6, 6.07) is 17.4. The van der Waals surface area contributed by atoms with E-state index in [1.807, 2.05) is 42.5 Å². The highest BCUT2D eigenvalue weighted by molar-refractivity contribution is 9.10. The number of nitrogens with two attached hydrogens (primary N) is 1. The number of rotatable bonds is 1. The highest BCUT2D eigenvalue weighted by atomic mass is 79.9. The number of nitriles is 1. The summed E-state index contributed by atoms with van der Waals surface area (Å²) < 4.78 is 6.46. The van der Waals surface area contributed by atoms with E-state index in [0.717, 1.165) is 15.6 Å². The Morgan fingerprint density at radius 2 is 1.96 bits per heavy atom. The maximum absolute atomic E-state index is 12.8. The number of halogens is 1. The molecule has 124 valence electrons. The Morgan fingerprint density at radius 1 is 1.20 bits per heavy atom. The number of benzene rings is 2. The highest BCUT2D eigenvalue weighted by Crippen LogP contribution is 2.56. The molecule has 0 radical (unpaired) electrons. The van der Waals surface area contributed by atoms with Crippen LogP contribution in [0, 0.1) is 17.2 Å². The van der Waals surface area contributed by atoms with Gasteiger partial charge in [0, 0.05) is 16.0 Å². The van der Waals surface area contributed by atoms with Gasteiger partial charge < -0.3 is 10.5 Å². The van der Waals surface area contributed by atoms with Crippen molar-refractivity contribution in [2.45, 2.75) is 11.2 Å². The van der Waals surface area contributed by atoms with E-state index < -0.39 is 11.8 Å². The van der Waals surface area contributed by atoms with Gasteiger partial charge in [0.15, 0.2) is 0 Å². The van der Waals surface area contributed by atoms with Crippen molar-refractivity contribution >= 4 is 33.7 Å². The van der Waals surface area contributed by atoms with E-state index in [1.165, 1.54) is 11.8 Å². The highest BCUT2D eigenvalue weighted by Gasteiger charge is 2.49. The Morgan fingerprint density at radius 3 is 2.68 bits per heavy atom. The average Bonchev–Trinajstić information content (AvgIpc) is 2.62. The number of ether oxygens (including phenoxy) is 1. The lowest BCUT2D eigenvalue weighted by Gasteiger charge is -2.39. The van der Waals surface area contributed by atoms with Gasteiger partial charge in [0.05, 0.1) is 27.8 Å². The number of thioether (sulfide) groups is 1. The lowest BCUT2D eigenvalue weighted by atomic mass is 9.75. The smallest absolute Gasteiger partial charge is 0.316 e. The summed E-state index contributed by atoms with van der Waals surface area (Å²) in [5, 5.41) is 9.95. The largest absolute Gasteiger partial charge is 0.426 e. The van der Waals surface area contributed by atoms with Crippen molar-refractivity contribution in [1.29, 1.82) is 5.26 Å². The minimum atomic E-state index is -0.490. The third-order valence-corrected chi connectivity index (χ3v) is 6.34. The second-order valence-electron chi connectivity index (χ2n) is 5.95. The summed E-state index contributed by atoms with van der Waals surface area (Å²) >= 11 is 4.83. The minimum Gasteiger partial charge on any atom is -0.426 e. The summed E-state index contributed by atoms with van der Waals surface area (Å²) in [5.74, 6) is -0.712. The molecule has 0 fully saturated rings. The number of carbonyl (C=O) groups excluding carboxylic acids is 1. The molecule has 6 heteroatoms. The lowest BCUT2D eigenvalue weighted by molar-refractivity contribution is -0.140. The first-order valence-corrected chi connectivity index (χ1v) is 9.40. The molecule has 2 heterocycles. The molecule has 2 aliphatic heterocycles. The first-order valence-electron chi connectivity index (χ1n) is 7.72. The van der Waals surface area contributed by atoms with Gasteiger partial charge in [0.1, 0.15) is 5.75 Å². The molecule has 0 spiro atoms. The van der Waals surface area contributed by atoms with Gasteiger partial charge in [-0.15, -0.1) is 0 Å². The Kier molecular flexibility index (Phi) is 4.06. The van der Waals surface area contributed by atoms with E-state index >= 15 is 0 Å². The van der Waals surface area contributed by atoms with Crippen molar-refractivity contribution in [1.82, 2.24) is 0 Å². The Bertz CT molecular complexity index is 936. The molecule has 25 heavy (non-hydrogen) atoms. The van der Waals surface area contributed by atoms with Crippen molar-refractivity contribution in [3.63, 3.8) is 0 Å². The van der Waals surface area contributed by atoms with Crippen LogP contribution in [0.5, 0.6) is 5.75 Å². The van der Waals surface area contributed by atoms with E-state index in [2.05, 4.69) is 22.0 Å². The quantitative estimate of drug-likeness (QED) is 0.559. The predicted octanol–water partition coefficient (Wildman–Crippen LogP) is 4.25. The molecular weight excluding hydrogens is 400 g/mol. The summed E-state index contributed by atoms with van der Waals surface area (Å²) in [6.07, 6.45) is 0. The zero-order chi connectivity index (χ0) is 17.6. The van der Waals surface area contributed by atoms with Gasteiger partial charge in [-0.25, -0.2) is 0 Å². The van der Waals surface area contributed by atoms with Crippen LogP contribution in [-0.4, -0.2) is 5.97 Å². The molecular formula is C19H13BrN2O2S. The fraction of sp³-hybridized carbons (Fsp3) is 0.158. The molecule has 0 saturated carbocycles. The molecule has 2 aliphatic rings. The van der Waals surface area contributed by atoms with Crippen LogP contribution < -0.4 is 10.5 Å². The molecule has 0 amide bonds. The molecule has 2 aromatic carbocycles. The molecule has 4 rings (SSSR count). The number of hydrogen-bond acceptors (Lipinski definition) is 5. The second-order valence-corrected chi connectivity index (χ2v) is 8.04. The summed E-state index contributed by atoms with van der Waals surface area (Å²) in [7, 11) is 0. The van der Waals surface area contributed by atoms with Crippen molar-refractivity contribution in [2.24, 2.45) is 11.7 Å². The van der Waals surface area contributed by atoms with Crippen LogP contribution in [0.3, 0.4) is 0 Å². The monoisotopic (exact) mass is 412 g/mol. The van der Waals surface area contributed by atoms with Crippen LogP contribution in [0.25, 0.3) is 0 Å². The predicted molar refractivity (Wildman–Crippen MR) is 99.6 cm³/mol. The number of esters is 1. The van der Waals surface area contributed by atoms with E-state index in [0.29, 0.717) is 16.4 Å². The van der Waals surface area contributed by atoms with Crippen LogP contribution >= 0.6 is 27.7 Å². The van der Waals surface area contributed by atoms with Gasteiger partial charge in [-0.05, 0) is 23.8 Å². The topological polar surface area (TPSA) is 76.1 Å². The van der Waals surface area contributed by atoms with Crippen molar-refractivity contribution in [3.8, 4) is 11.8 Å². The SMILES string of the molecule is N#CC1=C(N)S[C@H](c2ccccc2)[C@H]2C(=O)Oc3ccc(Br)cc3[C@H]12. The maximum Gasteiger partial charge on any atom is 0.316 e. The fourth-order valence-corrected chi connectivity index (χ4v) is 5.12. The van der Waals surface area contributed by atoms with Gasteiger partial charge in [-0.1, -0.05) is 58.0 Å². The molecule has 0 unspecified atom stereocenters. The second kappa shape index (κ2) is 6.25. The van der Waals surface area contributed by atoms with Crippen LogP contribution in [0.15, 0.2) is 63.6 Å². The fourth-order valence-electron chi connectivity index (χ4n) is 3.46. The summed E-state index contributed by atoms with van der Waals surface area (Å²) in [4.78, 5) is 12.8. The van der Waals surface area contributed by atoms with E-state index in [4.69, 9.17) is 10.5 Å². The van der Waals surface area contributed by atoms with Crippen LogP contribution in [0.1, 0.15) is 22.3 Å². The molecule has 2 aromatic rings. The number of fused-ring (bicyclic) bond motifs is 3. The lowest BCUT2D eigenvalue weighted by Crippen LogP contribution is -2.38. The Balaban J connectivity index is 1.93. The Labute approximate surface area is 157 Å². The normalized spacial score (nSPS) is 24.8. The van der Waals surface area contributed by atoms with Crippen LogP contribution in [0.2, 0.25) is 0 Å². The van der Waals surface area contributed by atoms with Gasteiger partial charge >= 0.3 is 5.97 Å². The van der Waals surface area contributed by atoms with E-state index in [-0.39, 0.29) is 11.2 Å². The molecule has 3 atom stereocenters. The molecule has 2 N–H and O–H groups in total. The number of allylic oxidation sites excluding steroid dienone is 1. The zero-order valence-electron chi connectivity index (χ0n) is 13.0. The first kappa shape index (κ1) is 16.2. The van der Waals surface area contributed by atoms with Gasteiger partial charge in [-0.3, -0.25) is 4.79 Å². The van der Waals surface area contributed by atoms with E-state index in [1.54, 1.807) is 6.07 Å². The molecule has 0 bridgehead atoms. The molecule has 0 saturated heterocycles. The number of hydrogen-bond donors (Lipinski definition) is 1. The molecule has 0 aromatic heterocycles. The standard InChI is InChI=1S/C19H13BrN2O2S/c20-11-6-7-14-12(8-11)15-13(9-21)18(22)25-17(16(15)19(23)24-14)10-4-2-1-3-5-10/h1-8,15-17H,22H2/t15-,16+,17-/m1/s1. The molecule has 0 aliphatic carbocycles. The number of nitrogens with zero attached hydrogens (tertiary/aromatic N) is 1. The maximum atomic E-state index is 12.8. The van der Waals surface area contributed by atoms with Crippen LogP contribution in [0.4, 0.5) is 0 Å². The third-order valence-electron chi connectivity index (χ3n) is 4.55. The minimum absolute atomic E-state index is 0.192. The first-order chi connectivity index (χ1) is 12.1. The van der Waals surface area contributed by atoms with Gasteiger partial charge in [-0.2, -0.15) is 5.26 Å². The van der Waals surface area contributed by atoms with Gasteiger partial charge in [0.25, 0.3) is 0 Å². The summed E-state index contributed by atoms with van der Waals surface area (Å²) in [5.41, 5.74) is 8.48. The third kappa shape index (κ3) is 2.64. The van der Waals surface area contributed by atoms with Crippen molar-refractivity contribution in [3.05, 3.63) is 74.7 Å². The summed E-state index contributed by atoms with van der Waals surface area (Å²) in [6.45, 7) is 0.